The molecule has 0 unspecified atom stereocenters. The summed E-state index contributed by atoms with van der Waals surface area (Å²) in [5, 5.41) is 13.6. The maximum Gasteiger partial charge on any atom is 0.212 e. The van der Waals surface area contributed by atoms with Gasteiger partial charge in [-0.05, 0) is 47.8 Å². The van der Waals surface area contributed by atoms with Gasteiger partial charge >= 0.3 is 0 Å². The van der Waals surface area contributed by atoms with Gasteiger partial charge in [-0.25, -0.2) is 14.3 Å². The van der Waals surface area contributed by atoms with Gasteiger partial charge in [0.25, 0.3) is 0 Å². The normalized spacial score (nSPS) is 11.4. The highest BCUT2D eigenvalue weighted by atomic mass is 35.5. The Hall–Kier alpha value is -4.04. The van der Waals surface area contributed by atoms with Crippen LogP contribution in [0.15, 0.2) is 109 Å². The largest absolute Gasteiger partial charge is 0.240 e. The fourth-order valence-electron chi connectivity index (χ4n) is 4.32. The Morgan fingerprint density at radius 3 is 2.38 bits per heavy atom. The molecule has 8 heteroatoms. The standard InChI is InChI=1S/C29H18ClN5S2/c30-20-13-14-23-27(16-20)37-29(31-23)35-25(17-24(32-35)26-12-7-15-36-26)22-18-34(21-10-5-2-6-11-21)33-28(22)19-8-3-1-4-9-19/h1-18H. The number of nitrogens with zero attached hydrogens (tertiary/aromatic N) is 5. The molecule has 0 aliphatic heterocycles. The van der Waals surface area contributed by atoms with Gasteiger partial charge < -0.3 is 0 Å². The first-order valence-corrected chi connectivity index (χ1v) is 13.7. The Morgan fingerprint density at radius 2 is 1.59 bits per heavy atom. The van der Waals surface area contributed by atoms with Gasteiger partial charge in [-0.15, -0.1) is 11.3 Å². The van der Waals surface area contributed by atoms with E-state index >= 15 is 0 Å². The van der Waals surface area contributed by atoms with Crippen LogP contribution in [0.4, 0.5) is 0 Å². The second-order valence-electron chi connectivity index (χ2n) is 8.45. The van der Waals surface area contributed by atoms with E-state index in [1.807, 2.05) is 70.0 Å². The molecule has 4 heterocycles. The van der Waals surface area contributed by atoms with Gasteiger partial charge in [0.1, 0.15) is 11.4 Å². The lowest BCUT2D eigenvalue weighted by molar-refractivity contribution is 0.880. The minimum Gasteiger partial charge on any atom is -0.240 e. The molecule has 7 rings (SSSR count). The van der Waals surface area contributed by atoms with Crippen LogP contribution in [-0.2, 0) is 0 Å². The fourth-order valence-corrected chi connectivity index (χ4v) is 6.21. The van der Waals surface area contributed by atoms with E-state index in [-0.39, 0.29) is 0 Å². The molecule has 37 heavy (non-hydrogen) atoms. The predicted molar refractivity (Wildman–Crippen MR) is 153 cm³/mol. The van der Waals surface area contributed by atoms with E-state index in [0.717, 1.165) is 54.1 Å². The zero-order valence-corrected chi connectivity index (χ0v) is 21.7. The van der Waals surface area contributed by atoms with Crippen LogP contribution < -0.4 is 0 Å². The molecule has 5 nitrogen and oxygen atoms in total. The van der Waals surface area contributed by atoms with E-state index in [9.17, 15) is 0 Å². The van der Waals surface area contributed by atoms with Crippen LogP contribution in [-0.4, -0.2) is 24.5 Å². The highest BCUT2D eigenvalue weighted by Crippen LogP contribution is 2.38. The number of hydrogen-bond donors (Lipinski definition) is 0. The summed E-state index contributed by atoms with van der Waals surface area (Å²) in [6.45, 7) is 0. The van der Waals surface area contributed by atoms with E-state index in [1.54, 1.807) is 22.7 Å². The molecule has 7 aromatic rings. The zero-order chi connectivity index (χ0) is 24.8. The topological polar surface area (TPSA) is 48.5 Å². The SMILES string of the molecule is Clc1ccc2nc(-n3nc(-c4cccs4)cc3-c3cn(-c4ccccc4)nc3-c3ccccc3)sc2c1. The number of rotatable bonds is 5. The van der Waals surface area contributed by atoms with Crippen molar-refractivity contribution in [1.29, 1.82) is 0 Å². The van der Waals surface area contributed by atoms with Gasteiger partial charge in [-0.3, -0.25) is 0 Å². The van der Waals surface area contributed by atoms with Crippen molar-refractivity contribution in [3.63, 3.8) is 0 Å². The summed E-state index contributed by atoms with van der Waals surface area (Å²) in [4.78, 5) is 6.01. The van der Waals surface area contributed by atoms with Crippen LogP contribution in [0.25, 0.3) is 54.1 Å². The Kier molecular flexibility index (Phi) is 5.47. The average molecular weight is 536 g/mol. The molecule has 0 atom stereocenters. The quantitative estimate of drug-likeness (QED) is 0.222. The van der Waals surface area contributed by atoms with E-state index in [1.165, 1.54) is 0 Å². The second-order valence-corrected chi connectivity index (χ2v) is 10.8. The molecule has 178 valence electrons. The number of benzene rings is 3. The third-order valence-corrected chi connectivity index (χ3v) is 8.18. The molecule has 4 aromatic heterocycles. The number of thiazole rings is 1. The monoisotopic (exact) mass is 535 g/mol. The summed E-state index contributed by atoms with van der Waals surface area (Å²) in [7, 11) is 0. The third kappa shape index (κ3) is 4.07. The van der Waals surface area contributed by atoms with Gasteiger partial charge in [-0.1, -0.05) is 77.5 Å². The van der Waals surface area contributed by atoms with Crippen LogP contribution in [0.5, 0.6) is 0 Å². The van der Waals surface area contributed by atoms with Crippen molar-refractivity contribution >= 4 is 44.5 Å². The van der Waals surface area contributed by atoms with Crippen molar-refractivity contribution < 1.29 is 0 Å². The molecule has 3 aromatic carbocycles. The van der Waals surface area contributed by atoms with Crippen LogP contribution in [0.2, 0.25) is 5.02 Å². The maximum absolute atomic E-state index is 6.27. The molecule has 0 N–H and O–H groups in total. The van der Waals surface area contributed by atoms with E-state index in [2.05, 4.69) is 48.0 Å². The summed E-state index contributed by atoms with van der Waals surface area (Å²) in [5.41, 5.74) is 6.60. The molecular weight excluding hydrogens is 518 g/mol. The number of para-hydroxylation sites is 1. The van der Waals surface area contributed by atoms with Gasteiger partial charge in [0.15, 0.2) is 0 Å². The van der Waals surface area contributed by atoms with E-state index < -0.39 is 0 Å². The first kappa shape index (κ1) is 22.2. The lowest BCUT2D eigenvalue weighted by Gasteiger charge is -2.04. The molecule has 0 fully saturated rings. The molecular formula is C29H18ClN5S2. The lowest BCUT2D eigenvalue weighted by atomic mass is 10.1. The van der Waals surface area contributed by atoms with Crippen molar-refractivity contribution in [3.8, 4) is 43.9 Å². The average Bonchev–Trinajstić information content (AvgIpc) is 3.74. The van der Waals surface area contributed by atoms with Crippen LogP contribution >= 0.6 is 34.3 Å². The lowest BCUT2D eigenvalue weighted by Crippen LogP contribution is -1.98. The first-order valence-electron chi connectivity index (χ1n) is 11.6. The Morgan fingerprint density at radius 1 is 0.784 bits per heavy atom. The van der Waals surface area contributed by atoms with Gasteiger partial charge in [0, 0.05) is 22.3 Å². The van der Waals surface area contributed by atoms with Gasteiger partial charge in [0.2, 0.25) is 5.13 Å². The Balaban J connectivity index is 1.48. The third-order valence-electron chi connectivity index (χ3n) is 6.06. The number of aromatic nitrogens is 5. The van der Waals surface area contributed by atoms with Crippen molar-refractivity contribution in [2.75, 3.05) is 0 Å². The summed E-state index contributed by atoms with van der Waals surface area (Å²) in [5.74, 6) is 0. The molecule has 0 radical (unpaired) electrons. The van der Waals surface area contributed by atoms with Crippen molar-refractivity contribution in [3.05, 3.63) is 114 Å². The van der Waals surface area contributed by atoms with Gasteiger partial charge in [0.05, 0.1) is 26.5 Å². The van der Waals surface area contributed by atoms with Crippen LogP contribution in [0.3, 0.4) is 0 Å². The smallest absolute Gasteiger partial charge is 0.212 e. The van der Waals surface area contributed by atoms with Crippen LogP contribution in [0, 0.1) is 0 Å². The van der Waals surface area contributed by atoms with Crippen molar-refractivity contribution in [1.82, 2.24) is 24.5 Å². The Labute approximate surface area is 225 Å². The summed E-state index contributed by atoms with van der Waals surface area (Å²) in [6, 6.07) is 32.4. The van der Waals surface area contributed by atoms with Gasteiger partial charge in [-0.2, -0.15) is 10.2 Å². The van der Waals surface area contributed by atoms with E-state index in [4.69, 9.17) is 26.8 Å². The molecule has 0 saturated carbocycles. The molecule has 0 bridgehead atoms. The predicted octanol–water partition coefficient (Wildman–Crippen LogP) is 8.38. The zero-order valence-electron chi connectivity index (χ0n) is 19.3. The fraction of sp³-hybridized carbons (Fsp3) is 0. The summed E-state index contributed by atoms with van der Waals surface area (Å²) >= 11 is 9.51. The number of hydrogen-bond acceptors (Lipinski definition) is 5. The van der Waals surface area contributed by atoms with E-state index in [0.29, 0.717) is 5.02 Å². The summed E-state index contributed by atoms with van der Waals surface area (Å²) in [6.07, 6.45) is 2.08. The number of halogens is 1. The molecule has 0 spiro atoms. The molecule has 0 aliphatic rings. The maximum atomic E-state index is 6.27. The highest BCUT2D eigenvalue weighted by Gasteiger charge is 2.22. The van der Waals surface area contributed by atoms with Crippen molar-refractivity contribution in [2.24, 2.45) is 0 Å². The number of thiophene rings is 1. The molecule has 0 aliphatic carbocycles. The first-order chi connectivity index (χ1) is 18.2. The summed E-state index contributed by atoms with van der Waals surface area (Å²) < 4.78 is 4.88. The minimum absolute atomic E-state index is 0.693. The molecule has 0 amide bonds. The Bertz CT molecular complexity index is 1830. The van der Waals surface area contributed by atoms with Crippen LogP contribution in [0.1, 0.15) is 0 Å². The number of fused-ring (bicyclic) bond motifs is 1. The highest BCUT2D eigenvalue weighted by molar-refractivity contribution is 7.20. The minimum atomic E-state index is 0.693. The molecule has 0 saturated heterocycles. The van der Waals surface area contributed by atoms with Crippen molar-refractivity contribution in [2.45, 2.75) is 0 Å². The second kappa shape index (κ2) is 9.12.